The van der Waals surface area contributed by atoms with Gasteiger partial charge in [-0.05, 0) is 12.5 Å². The van der Waals surface area contributed by atoms with Gasteiger partial charge in [0.25, 0.3) is 0 Å². The standard InChI is InChI=1S/C10H11FN2O5S/c1-6(2)5-18-9-3-7(11)10(19(12,16)17)4-8(9)13(14)15/h3-4H,1,5H2,2H3,(H2,12,16,17). The zero-order valence-corrected chi connectivity index (χ0v) is 10.7. The molecule has 0 atom stereocenters. The van der Waals surface area contributed by atoms with Gasteiger partial charge in [0.15, 0.2) is 5.75 Å². The van der Waals surface area contributed by atoms with Crippen LogP contribution in [0.1, 0.15) is 6.92 Å². The van der Waals surface area contributed by atoms with Crippen LogP contribution in [0.15, 0.2) is 29.2 Å². The summed E-state index contributed by atoms with van der Waals surface area (Å²) in [5.74, 6) is -1.61. The van der Waals surface area contributed by atoms with E-state index in [0.717, 1.165) is 0 Å². The van der Waals surface area contributed by atoms with Crippen LogP contribution in [-0.4, -0.2) is 19.9 Å². The Balaban J connectivity index is 3.38. The zero-order chi connectivity index (χ0) is 14.8. The maximum absolute atomic E-state index is 13.5. The van der Waals surface area contributed by atoms with Crippen molar-refractivity contribution in [2.45, 2.75) is 11.8 Å². The smallest absolute Gasteiger partial charge is 0.312 e. The molecule has 1 aromatic carbocycles. The lowest BCUT2D eigenvalue weighted by Crippen LogP contribution is -2.15. The fraction of sp³-hybridized carbons (Fsp3) is 0.200. The van der Waals surface area contributed by atoms with Crippen molar-refractivity contribution in [3.05, 3.63) is 40.2 Å². The van der Waals surface area contributed by atoms with E-state index in [0.29, 0.717) is 17.7 Å². The number of sulfonamides is 1. The fourth-order valence-corrected chi connectivity index (χ4v) is 1.81. The van der Waals surface area contributed by atoms with E-state index in [1.54, 1.807) is 6.92 Å². The molecule has 0 fully saturated rings. The Hall–Kier alpha value is -2.00. The minimum absolute atomic E-state index is 0.0605. The predicted octanol–water partition coefficient (Wildman–Crippen LogP) is 1.34. The number of primary sulfonamides is 1. The summed E-state index contributed by atoms with van der Waals surface area (Å²) >= 11 is 0. The van der Waals surface area contributed by atoms with Gasteiger partial charge in [0.05, 0.1) is 4.92 Å². The van der Waals surface area contributed by atoms with Crippen LogP contribution >= 0.6 is 0 Å². The van der Waals surface area contributed by atoms with Crippen LogP contribution in [0.3, 0.4) is 0 Å². The molecule has 7 nitrogen and oxygen atoms in total. The van der Waals surface area contributed by atoms with E-state index in [9.17, 15) is 22.9 Å². The molecule has 0 radical (unpaired) electrons. The highest BCUT2D eigenvalue weighted by molar-refractivity contribution is 7.89. The molecule has 0 aromatic heterocycles. The van der Waals surface area contributed by atoms with Crippen LogP contribution in [0.5, 0.6) is 5.75 Å². The number of nitrogens with zero attached hydrogens (tertiary/aromatic N) is 1. The predicted molar refractivity (Wildman–Crippen MR) is 64.7 cm³/mol. The van der Waals surface area contributed by atoms with Gasteiger partial charge in [-0.1, -0.05) is 6.58 Å². The number of rotatable bonds is 5. The Labute approximate surface area is 108 Å². The molecular formula is C10H11FN2O5S. The molecule has 1 aromatic rings. The third-order valence-electron chi connectivity index (χ3n) is 1.99. The van der Waals surface area contributed by atoms with Gasteiger partial charge in [0.2, 0.25) is 10.0 Å². The largest absolute Gasteiger partial charge is 0.482 e. The van der Waals surface area contributed by atoms with Gasteiger partial charge in [-0.25, -0.2) is 17.9 Å². The van der Waals surface area contributed by atoms with Gasteiger partial charge in [0.1, 0.15) is 17.3 Å². The molecule has 0 saturated heterocycles. The van der Waals surface area contributed by atoms with E-state index in [4.69, 9.17) is 9.88 Å². The van der Waals surface area contributed by atoms with Gasteiger partial charge in [-0.15, -0.1) is 0 Å². The Morgan fingerprint density at radius 1 is 1.58 bits per heavy atom. The van der Waals surface area contributed by atoms with Crippen LogP contribution < -0.4 is 9.88 Å². The molecule has 0 aliphatic rings. The van der Waals surface area contributed by atoms with Crippen LogP contribution in [0.2, 0.25) is 0 Å². The minimum Gasteiger partial charge on any atom is -0.482 e. The number of hydrogen-bond acceptors (Lipinski definition) is 5. The number of hydrogen-bond donors (Lipinski definition) is 1. The van der Waals surface area contributed by atoms with Gasteiger partial charge >= 0.3 is 5.69 Å². The molecular weight excluding hydrogens is 279 g/mol. The fourth-order valence-electron chi connectivity index (χ4n) is 1.20. The van der Waals surface area contributed by atoms with Crippen molar-refractivity contribution in [1.82, 2.24) is 0 Å². The van der Waals surface area contributed by atoms with E-state index in [-0.39, 0.29) is 6.61 Å². The second kappa shape index (κ2) is 5.33. The average molecular weight is 290 g/mol. The van der Waals surface area contributed by atoms with Crippen molar-refractivity contribution in [1.29, 1.82) is 0 Å². The monoisotopic (exact) mass is 290 g/mol. The van der Waals surface area contributed by atoms with Crippen LogP contribution in [-0.2, 0) is 10.0 Å². The van der Waals surface area contributed by atoms with E-state index in [2.05, 4.69) is 6.58 Å². The topological polar surface area (TPSA) is 113 Å². The Kier molecular flexibility index (Phi) is 4.22. The summed E-state index contributed by atoms with van der Waals surface area (Å²) in [6.07, 6.45) is 0. The third kappa shape index (κ3) is 3.73. The molecule has 9 heteroatoms. The SMILES string of the molecule is C=C(C)COc1cc(F)c(S(N)(=O)=O)cc1[N+](=O)[O-]. The van der Waals surface area contributed by atoms with Crippen molar-refractivity contribution in [2.75, 3.05) is 6.61 Å². The summed E-state index contributed by atoms with van der Waals surface area (Å²) in [6, 6.07) is 1.14. The summed E-state index contributed by atoms with van der Waals surface area (Å²) in [7, 11) is -4.39. The highest BCUT2D eigenvalue weighted by Gasteiger charge is 2.24. The Bertz CT molecular complexity index is 642. The molecule has 0 saturated carbocycles. The number of halogens is 1. The number of nitrogens with two attached hydrogens (primary N) is 1. The Morgan fingerprint density at radius 2 is 2.16 bits per heavy atom. The average Bonchev–Trinajstić information content (AvgIpc) is 2.23. The lowest BCUT2D eigenvalue weighted by Gasteiger charge is -2.08. The van der Waals surface area contributed by atoms with Gasteiger partial charge < -0.3 is 4.74 Å². The molecule has 19 heavy (non-hydrogen) atoms. The highest BCUT2D eigenvalue weighted by atomic mass is 32.2. The normalized spacial score (nSPS) is 11.1. The molecule has 0 heterocycles. The van der Waals surface area contributed by atoms with Crippen molar-refractivity contribution in [2.24, 2.45) is 5.14 Å². The Morgan fingerprint density at radius 3 is 2.58 bits per heavy atom. The summed E-state index contributed by atoms with van der Waals surface area (Å²) in [4.78, 5) is 8.96. The summed E-state index contributed by atoms with van der Waals surface area (Å²) in [5, 5.41) is 15.6. The minimum atomic E-state index is -4.39. The van der Waals surface area contributed by atoms with Gasteiger partial charge in [0, 0.05) is 12.1 Å². The molecule has 0 unspecified atom stereocenters. The lowest BCUT2D eigenvalue weighted by molar-refractivity contribution is -0.386. The van der Waals surface area contributed by atoms with Crippen molar-refractivity contribution in [3.63, 3.8) is 0 Å². The number of ether oxygens (including phenoxy) is 1. The maximum Gasteiger partial charge on any atom is 0.312 e. The molecule has 104 valence electrons. The first-order valence-electron chi connectivity index (χ1n) is 4.91. The second-order valence-electron chi connectivity index (χ2n) is 3.80. The van der Waals surface area contributed by atoms with Crippen LogP contribution in [0.4, 0.5) is 10.1 Å². The first-order chi connectivity index (χ1) is 8.62. The van der Waals surface area contributed by atoms with Crippen molar-refractivity contribution < 1.29 is 22.5 Å². The van der Waals surface area contributed by atoms with E-state index in [1.807, 2.05) is 0 Å². The van der Waals surface area contributed by atoms with E-state index < -0.39 is 37.1 Å². The molecule has 1 rings (SSSR count). The van der Waals surface area contributed by atoms with Crippen molar-refractivity contribution in [3.8, 4) is 5.75 Å². The molecule has 0 spiro atoms. The van der Waals surface area contributed by atoms with Crippen LogP contribution in [0, 0.1) is 15.9 Å². The molecule has 0 amide bonds. The number of benzene rings is 1. The summed E-state index contributed by atoms with van der Waals surface area (Å²) in [5.41, 5.74) is -0.128. The first-order valence-corrected chi connectivity index (χ1v) is 6.45. The molecule has 2 N–H and O–H groups in total. The third-order valence-corrected chi connectivity index (χ3v) is 2.92. The molecule has 0 aliphatic carbocycles. The summed E-state index contributed by atoms with van der Waals surface area (Å²) in [6.45, 7) is 5.07. The van der Waals surface area contributed by atoms with Crippen LogP contribution in [0.25, 0.3) is 0 Å². The zero-order valence-electron chi connectivity index (χ0n) is 9.92. The van der Waals surface area contributed by atoms with Crippen molar-refractivity contribution >= 4 is 15.7 Å². The number of nitro benzene ring substituents is 1. The molecule has 0 aliphatic heterocycles. The highest BCUT2D eigenvalue weighted by Crippen LogP contribution is 2.31. The summed E-state index contributed by atoms with van der Waals surface area (Å²) < 4.78 is 40.7. The number of nitro groups is 1. The quantitative estimate of drug-likeness (QED) is 0.499. The van der Waals surface area contributed by atoms with Gasteiger partial charge in [-0.3, -0.25) is 10.1 Å². The first kappa shape index (κ1) is 15.1. The maximum atomic E-state index is 13.5. The van der Waals surface area contributed by atoms with E-state index >= 15 is 0 Å². The molecule has 0 bridgehead atoms. The van der Waals surface area contributed by atoms with Gasteiger partial charge in [-0.2, -0.15) is 0 Å². The second-order valence-corrected chi connectivity index (χ2v) is 5.33. The lowest BCUT2D eigenvalue weighted by atomic mass is 10.3. The van der Waals surface area contributed by atoms with E-state index in [1.165, 1.54) is 0 Å².